The number of halogens is 3. The lowest BCUT2D eigenvalue weighted by atomic mass is 9.92. The van der Waals surface area contributed by atoms with Crippen molar-refractivity contribution in [1.29, 1.82) is 0 Å². The van der Waals surface area contributed by atoms with Gasteiger partial charge in [-0.1, -0.05) is 35.9 Å². The number of rotatable bonds is 6. The molecule has 0 fully saturated rings. The van der Waals surface area contributed by atoms with Gasteiger partial charge in [-0.2, -0.15) is 0 Å². The van der Waals surface area contributed by atoms with E-state index in [0.717, 1.165) is 12.1 Å². The second-order valence-corrected chi connectivity index (χ2v) is 12.7. The molecule has 0 spiro atoms. The Balaban J connectivity index is 1.37. The van der Waals surface area contributed by atoms with Crippen molar-refractivity contribution in [2.75, 3.05) is 18.0 Å². The Kier molecular flexibility index (Phi) is 6.71. The summed E-state index contributed by atoms with van der Waals surface area (Å²) in [6.07, 6.45) is 3.62. The van der Waals surface area contributed by atoms with Crippen molar-refractivity contribution < 1.29 is 31.5 Å². The normalized spacial score (nSPS) is 16.8. The molecular formula is C33H23ClF2N2O5S. The number of methoxy groups -OCH3 is 1. The summed E-state index contributed by atoms with van der Waals surface area (Å²) in [6.45, 7) is -0.0130. The minimum absolute atomic E-state index is 0.162. The number of hydrogen-bond donors (Lipinski definition) is 0. The zero-order valence-electron chi connectivity index (χ0n) is 23.1. The summed E-state index contributed by atoms with van der Waals surface area (Å²) in [7, 11) is -3.10. The number of ether oxygens (including phenoxy) is 2. The molecule has 44 heavy (non-hydrogen) atoms. The Morgan fingerprint density at radius 3 is 2.52 bits per heavy atom. The Hall–Kier alpha value is -4.67. The van der Waals surface area contributed by atoms with Gasteiger partial charge in [-0.25, -0.2) is 17.2 Å². The van der Waals surface area contributed by atoms with Crippen LogP contribution in [0.1, 0.15) is 27.0 Å². The summed E-state index contributed by atoms with van der Waals surface area (Å²) in [5, 5.41) is 0.203. The predicted octanol–water partition coefficient (Wildman–Crippen LogP) is 6.68. The fourth-order valence-electron chi connectivity index (χ4n) is 5.81. The summed E-state index contributed by atoms with van der Waals surface area (Å²) in [5.74, 6) is -1.33. The Morgan fingerprint density at radius 2 is 1.75 bits per heavy atom. The zero-order valence-corrected chi connectivity index (χ0v) is 24.7. The van der Waals surface area contributed by atoms with Crippen LogP contribution in [0.25, 0.3) is 11.8 Å². The van der Waals surface area contributed by atoms with Gasteiger partial charge in [0.05, 0.1) is 34.5 Å². The van der Waals surface area contributed by atoms with Crippen molar-refractivity contribution in [2.24, 2.45) is 0 Å². The lowest BCUT2D eigenvalue weighted by Crippen LogP contribution is -2.47. The molecule has 3 aliphatic rings. The van der Waals surface area contributed by atoms with Gasteiger partial charge in [-0.15, -0.1) is 0 Å². The van der Waals surface area contributed by atoms with Crippen molar-refractivity contribution in [3.8, 4) is 11.5 Å². The van der Waals surface area contributed by atoms with E-state index in [4.69, 9.17) is 21.1 Å². The topological polar surface area (TPSA) is 76.2 Å². The van der Waals surface area contributed by atoms with E-state index >= 15 is 0 Å². The van der Waals surface area contributed by atoms with Gasteiger partial charge in [0.1, 0.15) is 18.2 Å². The molecule has 3 heterocycles. The van der Waals surface area contributed by atoms with E-state index in [2.05, 4.69) is 0 Å². The Bertz CT molecular complexity index is 2030. The summed E-state index contributed by atoms with van der Waals surface area (Å²) in [6, 6.07) is 19.0. The SMILES string of the molecule is COc1cc(S(=O)(=O)N2c3cc(OCc4c(F)cccc4Cl)ccc3C=C3CN4C(=O)c5ccccc5C4=C[C@H]32)ccc1F. The van der Waals surface area contributed by atoms with E-state index in [-0.39, 0.29) is 46.0 Å². The predicted molar refractivity (Wildman–Crippen MR) is 162 cm³/mol. The van der Waals surface area contributed by atoms with Crippen LogP contribution in [-0.4, -0.2) is 38.9 Å². The fraction of sp³-hybridized carbons (Fsp3) is 0.121. The van der Waals surface area contributed by atoms with E-state index < -0.39 is 27.7 Å². The highest BCUT2D eigenvalue weighted by Crippen LogP contribution is 2.45. The average Bonchev–Trinajstić information content (AvgIpc) is 3.29. The van der Waals surface area contributed by atoms with Crippen LogP contribution >= 0.6 is 11.6 Å². The smallest absolute Gasteiger partial charge is 0.265 e. The van der Waals surface area contributed by atoms with Gasteiger partial charge in [-0.05, 0) is 65.8 Å². The molecule has 0 N–H and O–H groups in total. The highest BCUT2D eigenvalue weighted by Gasteiger charge is 2.44. The number of benzene rings is 4. The maximum atomic E-state index is 14.5. The number of amides is 1. The van der Waals surface area contributed by atoms with E-state index in [9.17, 15) is 22.0 Å². The molecule has 4 aromatic rings. The molecule has 11 heteroatoms. The lowest BCUT2D eigenvalue weighted by molar-refractivity contribution is 0.0856. The third-order valence-electron chi connectivity index (χ3n) is 7.96. The highest BCUT2D eigenvalue weighted by atomic mass is 35.5. The van der Waals surface area contributed by atoms with Crippen molar-refractivity contribution in [1.82, 2.24) is 4.90 Å². The van der Waals surface area contributed by atoms with E-state index in [1.54, 1.807) is 47.4 Å². The average molecular weight is 633 g/mol. The standard InChI is InChI=1S/C33H23ClF2N2O5S/c1-42-32-15-22(11-12-28(32)36)44(40,41)38-29-14-21(43-18-25-26(34)7-4-8-27(25)35)10-9-19(29)13-20-17-37-31(16-30(20)38)23-5-2-3-6-24(23)33(37)39/h2-16,30H,17-18H2,1H3/t30-/m1/s1. The summed E-state index contributed by atoms with van der Waals surface area (Å²) in [5.41, 5.74) is 3.55. The molecule has 222 valence electrons. The molecule has 0 aliphatic carbocycles. The molecule has 4 aromatic carbocycles. The van der Waals surface area contributed by atoms with Gasteiger partial charge in [0, 0.05) is 35.4 Å². The fourth-order valence-corrected chi connectivity index (χ4v) is 7.66. The van der Waals surface area contributed by atoms with Crippen molar-refractivity contribution in [3.63, 3.8) is 0 Å². The Labute approximate surface area is 257 Å². The molecule has 1 atom stereocenters. The number of fused-ring (bicyclic) bond motifs is 5. The number of sulfonamides is 1. The van der Waals surface area contributed by atoms with Crippen molar-refractivity contribution >= 4 is 45.0 Å². The third kappa shape index (κ3) is 4.44. The minimum atomic E-state index is -4.35. The maximum absolute atomic E-state index is 14.5. The van der Waals surface area contributed by atoms with Gasteiger partial charge in [0.25, 0.3) is 15.9 Å². The Morgan fingerprint density at radius 1 is 0.955 bits per heavy atom. The quantitative estimate of drug-likeness (QED) is 0.237. The van der Waals surface area contributed by atoms with Gasteiger partial charge in [0.15, 0.2) is 11.6 Å². The first-order valence-corrected chi connectivity index (χ1v) is 15.4. The van der Waals surface area contributed by atoms with Gasteiger partial charge < -0.3 is 14.4 Å². The van der Waals surface area contributed by atoms with Crippen LogP contribution in [-0.2, 0) is 16.6 Å². The first kappa shape index (κ1) is 28.1. The van der Waals surface area contributed by atoms with Crippen LogP contribution in [0.5, 0.6) is 11.5 Å². The molecule has 0 unspecified atom stereocenters. The second-order valence-electron chi connectivity index (χ2n) is 10.5. The van der Waals surface area contributed by atoms with Crippen LogP contribution in [0.3, 0.4) is 0 Å². The molecule has 0 aromatic heterocycles. The van der Waals surface area contributed by atoms with Gasteiger partial charge in [-0.3, -0.25) is 9.10 Å². The number of nitrogens with zero attached hydrogens (tertiary/aromatic N) is 2. The molecule has 0 radical (unpaired) electrons. The third-order valence-corrected chi connectivity index (χ3v) is 10.1. The number of hydrogen-bond acceptors (Lipinski definition) is 5. The number of carbonyl (C=O) groups is 1. The van der Waals surface area contributed by atoms with Crippen LogP contribution in [0.4, 0.5) is 14.5 Å². The van der Waals surface area contributed by atoms with Crippen molar-refractivity contribution in [2.45, 2.75) is 17.5 Å². The van der Waals surface area contributed by atoms with Crippen LogP contribution in [0, 0.1) is 11.6 Å². The number of carbonyl (C=O) groups excluding carboxylic acids is 1. The monoisotopic (exact) mass is 632 g/mol. The first-order chi connectivity index (χ1) is 21.2. The lowest BCUT2D eigenvalue weighted by Gasteiger charge is -2.41. The highest BCUT2D eigenvalue weighted by molar-refractivity contribution is 7.93. The summed E-state index contributed by atoms with van der Waals surface area (Å²) in [4.78, 5) is 14.7. The van der Waals surface area contributed by atoms with Crippen molar-refractivity contribution in [3.05, 3.63) is 129 Å². The van der Waals surface area contributed by atoms with Gasteiger partial charge >= 0.3 is 0 Å². The van der Waals surface area contributed by atoms with E-state index in [1.165, 1.54) is 29.6 Å². The zero-order chi connectivity index (χ0) is 30.7. The van der Waals surface area contributed by atoms with E-state index in [1.807, 2.05) is 18.2 Å². The molecule has 0 bridgehead atoms. The largest absolute Gasteiger partial charge is 0.494 e. The molecule has 1 amide bonds. The minimum Gasteiger partial charge on any atom is -0.494 e. The second kappa shape index (κ2) is 10.5. The van der Waals surface area contributed by atoms with Gasteiger partial charge in [0.2, 0.25) is 0 Å². The molecule has 7 nitrogen and oxygen atoms in total. The van der Waals surface area contributed by atoms with Crippen LogP contribution < -0.4 is 13.8 Å². The molecule has 0 saturated carbocycles. The van der Waals surface area contributed by atoms with E-state index in [0.29, 0.717) is 33.6 Å². The summed E-state index contributed by atoms with van der Waals surface area (Å²) < 4.78 is 69.9. The molecule has 0 saturated heterocycles. The first-order valence-electron chi connectivity index (χ1n) is 13.6. The summed E-state index contributed by atoms with van der Waals surface area (Å²) >= 11 is 6.18. The van der Waals surface area contributed by atoms with Crippen LogP contribution in [0.2, 0.25) is 5.02 Å². The number of anilines is 1. The molecule has 3 aliphatic heterocycles. The maximum Gasteiger partial charge on any atom is 0.265 e. The molecular weight excluding hydrogens is 610 g/mol. The molecule has 7 rings (SSSR count). The van der Waals surface area contributed by atoms with Crippen LogP contribution in [0.15, 0.2) is 95.4 Å².